The van der Waals surface area contributed by atoms with Crippen LogP contribution in [0.2, 0.25) is 0 Å². The number of piperidine rings is 1. The standard InChI is InChI=1S/C19H28N2O/c1-3-20(4-2)19(22)16-11-13-21(14-12-16)18-10-9-15-7-5-6-8-17(15)18/h5-8,16,18H,3-4,9-14H2,1-2H3/t18-/m0/s1. The maximum Gasteiger partial charge on any atom is 0.225 e. The van der Waals surface area contributed by atoms with E-state index in [2.05, 4.69) is 43.0 Å². The first-order valence-corrected chi connectivity index (χ1v) is 8.85. The zero-order valence-corrected chi connectivity index (χ0v) is 13.9. The number of rotatable bonds is 4. The third-order valence-electron chi connectivity index (χ3n) is 5.50. The summed E-state index contributed by atoms with van der Waals surface area (Å²) in [5.41, 5.74) is 3.05. The lowest BCUT2D eigenvalue weighted by Gasteiger charge is -2.37. The molecule has 0 radical (unpaired) electrons. The van der Waals surface area contributed by atoms with Crippen molar-refractivity contribution in [1.29, 1.82) is 0 Å². The monoisotopic (exact) mass is 300 g/mol. The number of hydrogen-bond acceptors (Lipinski definition) is 2. The van der Waals surface area contributed by atoms with Gasteiger partial charge in [-0.3, -0.25) is 9.69 Å². The van der Waals surface area contributed by atoms with Gasteiger partial charge >= 0.3 is 0 Å². The number of benzene rings is 1. The van der Waals surface area contributed by atoms with E-state index >= 15 is 0 Å². The zero-order chi connectivity index (χ0) is 15.5. The van der Waals surface area contributed by atoms with E-state index < -0.39 is 0 Å². The molecule has 0 unspecified atom stereocenters. The molecule has 1 atom stereocenters. The molecular formula is C19H28N2O. The average Bonchev–Trinajstić information content (AvgIpc) is 3.00. The second-order valence-electron chi connectivity index (χ2n) is 6.57. The normalized spacial score (nSPS) is 22.5. The summed E-state index contributed by atoms with van der Waals surface area (Å²) in [7, 11) is 0. The summed E-state index contributed by atoms with van der Waals surface area (Å²) in [4.78, 5) is 17.1. The second kappa shape index (κ2) is 6.82. The van der Waals surface area contributed by atoms with Crippen LogP contribution < -0.4 is 0 Å². The third kappa shape index (κ3) is 2.91. The first-order chi connectivity index (χ1) is 10.7. The molecule has 0 spiro atoms. The molecule has 1 amide bonds. The van der Waals surface area contributed by atoms with E-state index in [4.69, 9.17) is 0 Å². The number of amides is 1. The number of likely N-dealkylation sites (tertiary alicyclic amines) is 1. The van der Waals surface area contributed by atoms with Gasteiger partial charge in [0.05, 0.1) is 0 Å². The SMILES string of the molecule is CCN(CC)C(=O)C1CCN([C@H]2CCc3ccccc32)CC1. The van der Waals surface area contributed by atoms with Crippen molar-refractivity contribution in [3.8, 4) is 0 Å². The van der Waals surface area contributed by atoms with Crippen LogP contribution in [0.3, 0.4) is 0 Å². The number of fused-ring (bicyclic) bond motifs is 1. The van der Waals surface area contributed by atoms with E-state index in [0.29, 0.717) is 11.9 Å². The van der Waals surface area contributed by atoms with Gasteiger partial charge in [0.25, 0.3) is 0 Å². The van der Waals surface area contributed by atoms with Gasteiger partial charge < -0.3 is 4.90 Å². The maximum absolute atomic E-state index is 12.5. The van der Waals surface area contributed by atoms with Gasteiger partial charge in [0.1, 0.15) is 0 Å². The minimum absolute atomic E-state index is 0.243. The number of carbonyl (C=O) groups is 1. The lowest BCUT2D eigenvalue weighted by atomic mass is 9.93. The van der Waals surface area contributed by atoms with Crippen molar-refractivity contribution in [2.24, 2.45) is 5.92 Å². The molecule has 1 aromatic carbocycles. The van der Waals surface area contributed by atoms with E-state index in [1.54, 1.807) is 0 Å². The van der Waals surface area contributed by atoms with Crippen LogP contribution in [0, 0.1) is 5.92 Å². The molecule has 0 aromatic heterocycles. The minimum Gasteiger partial charge on any atom is -0.343 e. The van der Waals surface area contributed by atoms with E-state index in [0.717, 1.165) is 39.0 Å². The Morgan fingerprint density at radius 2 is 1.82 bits per heavy atom. The van der Waals surface area contributed by atoms with Gasteiger partial charge in [0.15, 0.2) is 0 Å². The second-order valence-corrected chi connectivity index (χ2v) is 6.57. The first kappa shape index (κ1) is 15.5. The van der Waals surface area contributed by atoms with Crippen LogP contribution in [-0.2, 0) is 11.2 Å². The molecule has 0 bridgehead atoms. The Hall–Kier alpha value is -1.35. The number of carbonyl (C=O) groups excluding carboxylic acids is 1. The summed E-state index contributed by atoms with van der Waals surface area (Å²) in [5.74, 6) is 0.615. The Balaban J connectivity index is 1.60. The van der Waals surface area contributed by atoms with Crippen molar-refractivity contribution in [3.05, 3.63) is 35.4 Å². The quantitative estimate of drug-likeness (QED) is 0.852. The molecule has 3 rings (SSSR count). The highest BCUT2D eigenvalue weighted by Gasteiger charge is 2.33. The predicted octanol–water partition coefficient (Wildman–Crippen LogP) is 3.25. The molecule has 120 valence electrons. The molecule has 1 aromatic rings. The molecule has 22 heavy (non-hydrogen) atoms. The molecule has 0 N–H and O–H groups in total. The highest BCUT2D eigenvalue weighted by Crippen LogP contribution is 2.37. The summed E-state index contributed by atoms with van der Waals surface area (Å²) in [6.07, 6.45) is 4.50. The molecule has 2 aliphatic rings. The lowest BCUT2D eigenvalue weighted by molar-refractivity contribution is -0.136. The molecule has 1 aliphatic carbocycles. The van der Waals surface area contributed by atoms with Crippen molar-refractivity contribution in [1.82, 2.24) is 9.80 Å². The summed E-state index contributed by atoms with van der Waals surface area (Å²) in [5, 5.41) is 0. The minimum atomic E-state index is 0.243. The Bertz CT molecular complexity index is 516. The smallest absolute Gasteiger partial charge is 0.225 e. The van der Waals surface area contributed by atoms with Gasteiger partial charge in [-0.2, -0.15) is 0 Å². The topological polar surface area (TPSA) is 23.6 Å². The van der Waals surface area contributed by atoms with Crippen LogP contribution in [0.15, 0.2) is 24.3 Å². The van der Waals surface area contributed by atoms with Crippen LogP contribution in [-0.4, -0.2) is 41.9 Å². The number of aryl methyl sites for hydroxylation is 1. The van der Waals surface area contributed by atoms with Crippen molar-refractivity contribution >= 4 is 5.91 Å². The van der Waals surface area contributed by atoms with Gasteiger partial charge in [0.2, 0.25) is 5.91 Å². The molecule has 1 aliphatic heterocycles. The van der Waals surface area contributed by atoms with Crippen LogP contribution in [0.5, 0.6) is 0 Å². The van der Waals surface area contributed by atoms with Gasteiger partial charge in [-0.25, -0.2) is 0 Å². The largest absolute Gasteiger partial charge is 0.343 e. The molecule has 1 saturated heterocycles. The molecule has 1 fully saturated rings. The van der Waals surface area contributed by atoms with Crippen LogP contribution in [0.1, 0.15) is 50.3 Å². The summed E-state index contributed by atoms with van der Waals surface area (Å²) < 4.78 is 0. The zero-order valence-electron chi connectivity index (χ0n) is 13.9. The highest BCUT2D eigenvalue weighted by molar-refractivity contribution is 5.78. The Kier molecular flexibility index (Phi) is 4.82. The van der Waals surface area contributed by atoms with Gasteiger partial charge in [-0.1, -0.05) is 24.3 Å². The van der Waals surface area contributed by atoms with Crippen LogP contribution >= 0.6 is 0 Å². The third-order valence-corrected chi connectivity index (χ3v) is 5.50. The number of nitrogens with zero attached hydrogens (tertiary/aromatic N) is 2. The van der Waals surface area contributed by atoms with E-state index in [1.807, 2.05) is 4.90 Å². The number of hydrogen-bond donors (Lipinski definition) is 0. The summed E-state index contributed by atoms with van der Waals surface area (Å²) >= 11 is 0. The van der Waals surface area contributed by atoms with Crippen molar-refractivity contribution < 1.29 is 4.79 Å². The summed E-state index contributed by atoms with van der Waals surface area (Å²) in [6, 6.07) is 9.46. The van der Waals surface area contributed by atoms with Crippen molar-refractivity contribution in [3.63, 3.8) is 0 Å². The Morgan fingerprint density at radius 3 is 2.50 bits per heavy atom. The lowest BCUT2D eigenvalue weighted by Crippen LogP contribution is -2.43. The fourth-order valence-electron chi connectivity index (χ4n) is 4.17. The Morgan fingerprint density at radius 1 is 1.14 bits per heavy atom. The average molecular weight is 300 g/mol. The summed E-state index contributed by atoms with van der Waals surface area (Å²) in [6.45, 7) is 7.96. The van der Waals surface area contributed by atoms with Crippen molar-refractivity contribution in [2.45, 2.75) is 45.6 Å². The molecule has 3 heteroatoms. The van der Waals surface area contributed by atoms with Gasteiger partial charge in [-0.15, -0.1) is 0 Å². The predicted molar refractivity (Wildman–Crippen MR) is 89.7 cm³/mol. The fourth-order valence-corrected chi connectivity index (χ4v) is 4.17. The first-order valence-electron chi connectivity index (χ1n) is 8.85. The van der Waals surface area contributed by atoms with Crippen molar-refractivity contribution in [2.75, 3.05) is 26.2 Å². The molecule has 3 nitrogen and oxygen atoms in total. The van der Waals surface area contributed by atoms with E-state index in [9.17, 15) is 4.79 Å². The molecule has 0 saturated carbocycles. The van der Waals surface area contributed by atoms with Gasteiger partial charge in [0, 0.05) is 25.0 Å². The van der Waals surface area contributed by atoms with Gasteiger partial charge in [-0.05, 0) is 63.7 Å². The fraction of sp³-hybridized carbons (Fsp3) is 0.632. The molecular weight excluding hydrogens is 272 g/mol. The molecule has 1 heterocycles. The van der Waals surface area contributed by atoms with E-state index in [1.165, 1.54) is 24.0 Å². The Labute approximate surface area is 134 Å². The van der Waals surface area contributed by atoms with Crippen LogP contribution in [0.25, 0.3) is 0 Å². The maximum atomic E-state index is 12.5. The van der Waals surface area contributed by atoms with E-state index in [-0.39, 0.29) is 5.92 Å². The highest BCUT2D eigenvalue weighted by atomic mass is 16.2. The van der Waals surface area contributed by atoms with Crippen LogP contribution in [0.4, 0.5) is 0 Å².